The fourth-order valence-corrected chi connectivity index (χ4v) is 0.645. The summed E-state index contributed by atoms with van der Waals surface area (Å²) in [6.07, 6.45) is 0.926. The van der Waals surface area contributed by atoms with Gasteiger partial charge in [0.15, 0.2) is 0 Å². The first-order valence-corrected chi connectivity index (χ1v) is 3.63. The fraction of sp³-hybridized carbons (Fsp3) is 0.714. The standard InChI is InChI=1S/C7H11ClO2/c1-7(2,5-9)6(10)3-4-8/h5H,3-4H2,1-2H3. The first-order chi connectivity index (χ1) is 4.54. The van der Waals surface area contributed by atoms with Gasteiger partial charge in [-0.25, -0.2) is 0 Å². The van der Waals surface area contributed by atoms with E-state index in [-0.39, 0.29) is 18.1 Å². The molecule has 0 fully saturated rings. The highest BCUT2D eigenvalue weighted by Crippen LogP contribution is 2.14. The summed E-state index contributed by atoms with van der Waals surface area (Å²) in [5.74, 6) is 0.188. The molecule has 0 N–H and O–H groups in total. The fourth-order valence-electron chi connectivity index (χ4n) is 0.474. The molecule has 0 spiro atoms. The normalized spacial score (nSPS) is 11.1. The summed E-state index contributed by atoms with van der Waals surface area (Å²) in [5.41, 5.74) is -0.852. The summed E-state index contributed by atoms with van der Waals surface area (Å²) in [6.45, 7) is 3.18. The number of rotatable bonds is 4. The minimum atomic E-state index is -0.852. The SMILES string of the molecule is CC(C)(C=O)C(=O)CCCl. The highest BCUT2D eigenvalue weighted by molar-refractivity contribution is 6.19. The van der Waals surface area contributed by atoms with E-state index in [4.69, 9.17) is 11.6 Å². The number of carbonyl (C=O) groups is 2. The van der Waals surface area contributed by atoms with Crippen LogP contribution in [0.15, 0.2) is 0 Å². The van der Waals surface area contributed by atoms with Gasteiger partial charge in [0.25, 0.3) is 0 Å². The van der Waals surface area contributed by atoms with Gasteiger partial charge in [0, 0.05) is 12.3 Å². The molecule has 0 saturated carbocycles. The number of carbonyl (C=O) groups excluding carboxylic acids is 2. The molecule has 3 heteroatoms. The van der Waals surface area contributed by atoms with Gasteiger partial charge >= 0.3 is 0 Å². The molecule has 0 aliphatic rings. The van der Waals surface area contributed by atoms with Crippen LogP contribution in [0.25, 0.3) is 0 Å². The zero-order chi connectivity index (χ0) is 8.20. The number of Topliss-reactive ketones (excluding diaryl/α,β-unsaturated/α-hetero) is 1. The first-order valence-electron chi connectivity index (χ1n) is 3.10. The summed E-state index contributed by atoms with van der Waals surface area (Å²) in [5, 5.41) is 0. The van der Waals surface area contributed by atoms with Gasteiger partial charge in [0.05, 0.1) is 5.41 Å². The summed E-state index contributed by atoms with van der Waals surface area (Å²) in [6, 6.07) is 0. The van der Waals surface area contributed by atoms with Crippen LogP contribution in [0, 0.1) is 5.41 Å². The molecule has 0 aromatic rings. The van der Waals surface area contributed by atoms with Crippen molar-refractivity contribution in [2.75, 3.05) is 5.88 Å². The summed E-state index contributed by atoms with van der Waals surface area (Å²) in [4.78, 5) is 21.3. The van der Waals surface area contributed by atoms with Crippen LogP contribution in [0.2, 0.25) is 0 Å². The van der Waals surface area contributed by atoms with Gasteiger partial charge in [0.2, 0.25) is 0 Å². The molecule has 58 valence electrons. The lowest BCUT2D eigenvalue weighted by molar-refractivity contribution is -0.132. The molecule has 0 aliphatic heterocycles. The van der Waals surface area contributed by atoms with Gasteiger partial charge in [-0.15, -0.1) is 11.6 Å². The van der Waals surface area contributed by atoms with Crippen molar-refractivity contribution in [3.05, 3.63) is 0 Å². The average Bonchev–Trinajstić information content (AvgIpc) is 1.89. The van der Waals surface area contributed by atoms with Gasteiger partial charge in [-0.3, -0.25) is 4.79 Å². The largest absolute Gasteiger partial charge is 0.302 e. The topological polar surface area (TPSA) is 34.1 Å². The zero-order valence-electron chi connectivity index (χ0n) is 6.19. The van der Waals surface area contributed by atoms with Crippen molar-refractivity contribution < 1.29 is 9.59 Å². The number of halogens is 1. The van der Waals surface area contributed by atoms with E-state index in [2.05, 4.69) is 0 Å². The summed E-state index contributed by atoms with van der Waals surface area (Å²) >= 11 is 5.32. The summed E-state index contributed by atoms with van der Waals surface area (Å²) < 4.78 is 0. The Hall–Kier alpha value is -0.370. The molecule has 0 rings (SSSR count). The molecule has 0 radical (unpaired) electrons. The molecule has 0 saturated heterocycles. The predicted molar refractivity (Wildman–Crippen MR) is 40.2 cm³/mol. The number of alkyl halides is 1. The Bertz CT molecular complexity index is 141. The molecule has 2 nitrogen and oxygen atoms in total. The monoisotopic (exact) mass is 162 g/mol. The second-order valence-electron chi connectivity index (χ2n) is 2.70. The number of aldehydes is 1. The van der Waals surface area contributed by atoms with Crippen molar-refractivity contribution in [3.63, 3.8) is 0 Å². The molecule has 10 heavy (non-hydrogen) atoms. The Morgan fingerprint density at radius 2 is 2.10 bits per heavy atom. The maximum absolute atomic E-state index is 11.0. The van der Waals surface area contributed by atoms with Crippen LogP contribution in [0.3, 0.4) is 0 Å². The van der Waals surface area contributed by atoms with Crippen LogP contribution < -0.4 is 0 Å². The van der Waals surface area contributed by atoms with Crippen LogP contribution in [0.5, 0.6) is 0 Å². The first kappa shape index (κ1) is 9.63. The Kier molecular flexibility index (Phi) is 3.58. The summed E-state index contributed by atoms with van der Waals surface area (Å²) in [7, 11) is 0. The van der Waals surface area contributed by atoms with Gasteiger partial charge in [-0.2, -0.15) is 0 Å². The van der Waals surface area contributed by atoms with E-state index in [1.165, 1.54) is 0 Å². The van der Waals surface area contributed by atoms with Crippen LogP contribution in [0.4, 0.5) is 0 Å². The van der Waals surface area contributed by atoms with Crippen LogP contribution in [-0.4, -0.2) is 17.9 Å². The third kappa shape index (κ3) is 2.48. The van der Waals surface area contributed by atoms with E-state index >= 15 is 0 Å². The minimum Gasteiger partial charge on any atom is -0.302 e. The van der Waals surface area contributed by atoms with Crippen LogP contribution in [-0.2, 0) is 9.59 Å². The Balaban J connectivity index is 4.04. The second kappa shape index (κ2) is 3.71. The Morgan fingerprint density at radius 1 is 1.60 bits per heavy atom. The highest BCUT2D eigenvalue weighted by Gasteiger charge is 2.25. The van der Waals surface area contributed by atoms with E-state index in [0.717, 1.165) is 0 Å². The van der Waals surface area contributed by atoms with Crippen molar-refractivity contribution in [1.82, 2.24) is 0 Å². The smallest absolute Gasteiger partial charge is 0.146 e. The van der Waals surface area contributed by atoms with Crippen molar-refractivity contribution in [3.8, 4) is 0 Å². The zero-order valence-corrected chi connectivity index (χ0v) is 6.94. The van der Waals surface area contributed by atoms with E-state index in [1.807, 2.05) is 0 Å². The molecular formula is C7H11ClO2. The molecule has 0 bridgehead atoms. The van der Waals surface area contributed by atoms with Crippen LogP contribution >= 0.6 is 11.6 Å². The molecule has 0 unspecified atom stereocenters. The van der Waals surface area contributed by atoms with Crippen LogP contribution in [0.1, 0.15) is 20.3 Å². The van der Waals surface area contributed by atoms with E-state index in [0.29, 0.717) is 6.29 Å². The van der Waals surface area contributed by atoms with Gasteiger partial charge in [-0.1, -0.05) is 0 Å². The van der Waals surface area contributed by atoms with Crippen molar-refractivity contribution in [2.45, 2.75) is 20.3 Å². The molecule has 0 amide bonds. The van der Waals surface area contributed by atoms with Crippen molar-refractivity contribution >= 4 is 23.7 Å². The van der Waals surface area contributed by atoms with Gasteiger partial charge < -0.3 is 4.79 Å². The lowest BCUT2D eigenvalue weighted by Crippen LogP contribution is -2.25. The Labute approximate surface area is 65.6 Å². The molecule has 0 aromatic heterocycles. The Morgan fingerprint density at radius 3 is 2.40 bits per heavy atom. The van der Waals surface area contributed by atoms with E-state index < -0.39 is 5.41 Å². The number of hydrogen-bond acceptors (Lipinski definition) is 2. The maximum Gasteiger partial charge on any atom is 0.146 e. The second-order valence-corrected chi connectivity index (χ2v) is 3.08. The third-order valence-corrected chi connectivity index (χ3v) is 1.52. The van der Waals surface area contributed by atoms with Crippen molar-refractivity contribution in [1.29, 1.82) is 0 Å². The molecule has 0 atom stereocenters. The lowest BCUT2D eigenvalue weighted by Gasteiger charge is -2.13. The maximum atomic E-state index is 11.0. The third-order valence-electron chi connectivity index (χ3n) is 1.33. The molecule has 0 aromatic carbocycles. The average molecular weight is 163 g/mol. The minimum absolute atomic E-state index is 0.0995. The lowest BCUT2D eigenvalue weighted by atomic mass is 9.89. The number of ketones is 1. The highest BCUT2D eigenvalue weighted by atomic mass is 35.5. The van der Waals surface area contributed by atoms with Gasteiger partial charge in [-0.05, 0) is 13.8 Å². The van der Waals surface area contributed by atoms with E-state index in [1.54, 1.807) is 13.8 Å². The molecule has 0 heterocycles. The van der Waals surface area contributed by atoms with Gasteiger partial charge in [0.1, 0.15) is 12.1 Å². The molecule has 0 aliphatic carbocycles. The number of hydrogen-bond donors (Lipinski definition) is 0. The predicted octanol–water partition coefficient (Wildman–Crippen LogP) is 1.41. The van der Waals surface area contributed by atoms with Crippen molar-refractivity contribution in [2.24, 2.45) is 5.41 Å². The van der Waals surface area contributed by atoms with E-state index in [9.17, 15) is 9.59 Å². The molecular weight excluding hydrogens is 152 g/mol. The quantitative estimate of drug-likeness (QED) is 0.356.